The van der Waals surface area contributed by atoms with Crippen molar-refractivity contribution < 1.29 is 9.90 Å². The Bertz CT molecular complexity index is 479. The molecule has 1 heterocycles. The van der Waals surface area contributed by atoms with Gasteiger partial charge in [0.1, 0.15) is 0 Å². The quantitative estimate of drug-likeness (QED) is 0.925. The van der Waals surface area contributed by atoms with E-state index in [1.165, 1.54) is 0 Å². The summed E-state index contributed by atoms with van der Waals surface area (Å²) < 4.78 is 0. The third kappa shape index (κ3) is 3.01. The van der Waals surface area contributed by atoms with Gasteiger partial charge in [0, 0.05) is 30.7 Å². The molecule has 19 heavy (non-hydrogen) atoms. The maximum Gasteiger partial charge on any atom is 0.337 e. The molecule has 0 amide bonds. The van der Waals surface area contributed by atoms with Crippen molar-refractivity contribution in [2.24, 2.45) is 0 Å². The second-order valence-electron chi connectivity index (χ2n) is 4.96. The van der Waals surface area contributed by atoms with E-state index >= 15 is 0 Å². The highest BCUT2D eigenvalue weighted by Crippen LogP contribution is 2.27. The smallest absolute Gasteiger partial charge is 0.337 e. The molecule has 0 radical (unpaired) electrons. The molecule has 0 saturated carbocycles. The zero-order valence-electron chi connectivity index (χ0n) is 11.3. The number of hydrogen-bond donors (Lipinski definition) is 1. The van der Waals surface area contributed by atoms with Crippen molar-refractivity contribution in [2.45, 2.75) is 19.4 Å². The highest BCUT2D eigenvalue weighted by Gasteiger charge is 2.25. The van der Waals surface area contributed by atoms with Gasteiger partial charge in [0.25, 0.3) is 0 Å². The van der Waals surface area contributed by atoms with E-state index in [9.17, 15) is 9.90 Å². The van der Waals surface area contributed by atoms with Crippen molar-refractivity contribution in [1.82, 2.24) is 4.90 Å². The first-order valence-corrected chi connectivity index (χ1v) is 6.88. The van der Waals surface area contributed by atoms with Gasteiger partial charge in [-0.05, 0) is 31.7 Å². The molecular formula is C14H19ClN2O2. The molecule has 1 unspecified atom stereocenters. The fraction of sp³-hybridized carbons (Fsp3) is 0.500. The Balaban J connectivity index is 2.31. The number of rotatable bonds is 3. The molecule has 1 aliphatic rings. The standard InChI is InChI=1S/C14H19ClN2O2/c1-3-11-9-17(7-6-16(11)2)13-8-10(15)4-5-12(13)14(18)19/h4-5,8,11H,3,6-7,9H2,1-2H3,(H,18,19). The van der Waals surface area contributed by atoms with Crippen molar-refractivity contribution in [3.8, 4) is 0 Å². The number of carboxylic acid groups (broad SMARTS) is 1. The summed E-state index contributed by atoms with van der Waals surface area (Å²) in [6, 6.07) is 5.42. The Morgan fingerprint density at radius 1 is 1.47 bits per heavy atom. The molecule has 104 valence electrons. The third-order valence-corrected chi connectivity index (χ3v) is 4.01. The first-order chi connectivity index (χ1) is 9.02. The summed E-state index contributed by atoms with van der Waals surface area (Å²) in [6.45, 7) is 4.76. The van der Waals surface area contributed by atoms with Crippen LogP contribution in [0.15, 0.2) is 18.2 Å². The minimum Gasteiger partial charge on any atom is -0.478 e. The minimum atomic E-state index is -0.904. The molecule has 0 spiro atoms. The van der Waals surface area contributed by atoms with Crippen LogP contribution in [0.25, 0.3) is 0 Å². The second kappa shape index (κ2) is 5.80. The summed E-state index contributed by atoms with van der Waals surface area (Å²) in [6.07, 6.45) is 1.05. The van der Waals surface area contributed by atoms with E-state index in [-0.39, 0.29) is 0 Å². The van der Waals surface area contributed by atoms with Crippen molar-refractivity contribution >= 4 is 23.3 Å². The maximum atomic E-state index is 11.3. The van der Waals surface area contributed by atoms with Gasteiger partial charge in [0.15, 0.2) is 0 Å². The maximum absolute atomic E-state index is 11.3. The SMILES string of the molecule is CCC1CN(c2cc(Cl)ccc2C(=O)O)CCN1C. The number of likely N-dealkylation sites (N-methyl/N-ethyl adjacent to an activating group) is 1. The Morgan fingerprint density at radius 2 is 2.21 bits per heavy atom. The second-order valence-corrected chi connectivity index (χ2v) is 5.39. The van der Waals surface area contributed by atoms with Crippen molar-refractivity contribution in [3.05, 3.63) is 28.8 Å². The van der Waals surface area contributed by atoms with Crippen LogP contribution in [0, 0.1) is 0 Å². The lowest BCUT2D eigenvalue weighted by molar-refractivity contribution is 0.0697. The van der Waals surface area contributed by atoms with Gasteiger partial charge in [-0.15, -0.1) is 0 Å². The van der Waals surface area contributed by atoms with Crippen LogP contribution < -0.4 is 4.90 Å². The number of aromatic carboxylic acids is 1. The van der Waals surface area contributed by atoms with Crippen LogP contribution in [0.3, 0.4) is 0 Å². The third-order valence-electron chi connectivity index (χ3n) is 3.78. The average molecular weight is 283 g/mol. The Labute approximate surface area is 118 Å². The lowest BCUT2D eigenvalue weighted by atomic mass is 10.1. The summed E-state index contributed by atoms with van der Waals surface area (Å²) in [5.74, 6) is -0.904. The molecule has 4 nitrogen and oxygen atoms in total. The van der Waals surface area contributed by atoms with E-state index in [4.69, 9.17) is 11.6 Å². The molecule has 2 rings (SSSR count). The molecule has 5 heteroatoms. The zero-order chi connectivity index (χ0) is 14.0. The Morgan fingerprint density at radius 3 is 2.84 bits per heavy atom. The van der Waals surface area contributed by atoms with E-state index in [0.29, 0.717) is 16.6 Å². The van der Waals surface area contributed by atoms with Crippen LogP contribution in [0.5, 0.6) is 0 Å². The van der Waals surface area contributed by atoms with Gasteiger partial charge in [-0.25, -0.2) is 4.79 Å². The number of halogens is 1. The van der Waals surface area contributed by atoms with Gasteiger partial charge in [-0.1, -0.05) is 18.5 Å². The van der Waals surface area contributed by atoms with Crippen LogP contribution in [-0.2, 0) is 0 Å². The number of piperazine rings is 1. The first-order valence-electron chi connectivity index (χ1n) is 6.51. The fourth-order valence-corrected chi connectivity index (χ4v) is 2.72. The van der Waals surface area contributed by atoms with E-state index in [0.717, 1.165) is 31.7 Å². The van der Waals surface area contributed by atoms with Crippen LogP contribution in [0.1, 0.15) is 23.7 Å². The molecular weight excluding hydrogens is 264 g/mol. The van der Waals surface area contributed by atoms with E-state index < -0.39 is 5.97 Å². The first kappa shape index (κ1) is 14.2. The molecule has 1 atom stereocenters. The summed E-state index contributed by atoms with van der Waals surface area (Å²) in [5.41, 5.74) is 1.05. The molecule has 1 aromatic rings. The van der Waals surface area contributed by atoms with Crippen LogP contribution in [0.2, 0.25) is 5.02 Å². The number of hydrogen-bond acceptors (Lipinski definition) is 3. The molecule has 0 aromatic heterocycles. The number of nitrogens with zero attached hydrogens (tertiary/aromatic N) is 2. The molecule has 1 aliphatic heterocycles. The molecule has 1 N–H and O–H groups in total. The summed E-state index contributed by atoms with van der Waals surface area (Å²) in [5, 5.41) is 9.86. The zero-order valence-corrected chi connectivity index (χ0v) is 12.0. The average Bonchev–Trinajstić information content (AvgIpc) is 2.38. The van der Waals surface area contributed by atoms with Gasteiger partial charge in [-0.2, -0.15) is 0 Å². The van der Waals surface area contributed by atoms with Crippen LogP contribution >= 0.6 is 11.6 Å². The van der Waals surface area contributed by atoms with Gasteiger partial charge in [0.2, 0.25) is 0 Å². The normalized spacial score (nSPS) is 20.6. The Hall–Kier alpha value is -1.26. The molecule has 0 bridgehead atoms. The van der Waals surface area contributed by atoms with Crippen LogP contribution in [-0.4, -0.2) is 48.7 Å². The lowest BCUT2D eigenvalue weighted by Gasteiger charge is -2.40. The van der Waals surface area contributed by atoms with Crippen molar-refractivity contribution in [3.63, 3.8) is 0 Å². The highest BCUT2D eigenvalue weighted by atomic mass is 35.5. The topological polar surface area (TPSA) is 43.8 Å². The molecule has 0 aliphatic carbocycles. The van der Waals surface area contributed by atoms with Gasteiger partial charge >= 0.3 is 5.97 Å². The minimum absolute atomic E-state index is 0.323. The van der Waals surface area contributed by atoms with Crippen molar-refractivity contribution in [1.29, 1.82) is 0 Å². The van der Waals surface area contributed by atoms with Gasteiger partial charge in [0.05, 0.1) is 11.3 Å². The molecule has 1 saturated heterocycles. The molecule has 1 fully saturated rings. The summed E-state index contributed by atoms with van der Waals surface area (Å²) in [7, 11) is 2.11. The van der Waals surface area contributed by atoms with E-state index in [2.05, 4.69) is 23.8 Å². The number of anilines is 1. The number of benzene rings is 1. The van der Waals surface area contributed by atoms with Gasteiger partial charge < -0.3 is 10.0 Å². The predicted molar refractivity (Wildman–Crippen MR) is 77.3 cm³/mol. The van der Waals surface area contributed by atoms with E-state index in [1.807, 2.05) is 0 Å². The number of carboxylic acids is 1. The van der Waals surface area contributed by atoms with Crippen molar-refractivity contribution in [2.75, 3.05) is 31.6 Å². The molecule has 1 aromatic carbocycles. The lowest BCUT2D eigenvalue weighted by Crippen LogP contribution is -2.51. The van der Waals surface area contributed by atoms with E-state index in [1.54, 1.807) is 18.2 Å². The number of carbonyl (C=O) groups is 1. The van der Waals surface area contributed by atoms with Crippen LogP contribution in [0.4, 0.5) is 5.69 Å². The Kier molecular flexibility index (Phi) is 4.32. The highest BCUT2D eigenvalue weighted by molar-refractivity contribution is 6.31. The largest absolute Gasteiger partial charge is 0.478 e. The fourth-order valence-electron chi connectivity index (χ4n) is 2.55. The van der Waals surface area contributed by atoms with Gasteiger partial charge in [-0.3, -0.25) is 4.90 Å². The summed E-state index contributed by atoms with van der Waals surface area (Å²) >= 11 is 6.01. The summed E-state index contributed by atoms with van der Waals surface area (Å²) in [4.78, 5) is 15.8. The predicted octanol–water partition coefficient (Wildman–Crippen LogP) is 2.57. The monoisotopic (exact) mass is 282 g/mol.